The van der Waals surface area contributed by atoms with Gasteiger partial charge in [-0.05, 0) is 31.9 Å². The molecule has 0 spiro atoms. The van der Waals surface area contributed by atoms with Crippen molar-refractivity contribution in [3.8, 4) is 0 Å². The first-order valence-electron chi connectivity index (χ1n) is 6.14. The molecule has 1 unspecified atom stereocenters. The molecule has 1 rings (SSSR count). The summed E-state index contributed by atoms with van der Waals surface area (Å²) in [5.41, 5.74) is 8.66. The largest absolute Gasteiger partial charge is 0.383 e. The van der Waals surface area contributed by atoms with Crippen molar-refractivity contribution in [2.24, 2.45) is 5.73 Å². The summed E-state index contributed by atoms with van der Waals surface area (Å²) in [5, 5.41) is 2.87. The molecular weight excluding hydrogens is 228 g/mol. The average Bonchev–Trinajstić information content (AvgIpc) is 2.29. The Hall–Kier alpha value is -1.39. The molecule has 0 aromatic heterocycles. The van der Waals surface area contributed by atoms with Gasteiger partial charge in [-0.25, -0.2) is 0 Å². The van der Waals surface area contributed by atoms with Crippen LogP contribution >= 0.6 is 0 Å². The van der Waals surface area contributed by atoms with E-state index < -0.39 is 0 Å². The van der Waals surface area contributed by atoms with E-state index in [-0.39, 0.29) is 11.9 Å². The zero-order chi connectivity index (χ0) is 13.5. The molecule has 100 valence electrons. The van der Waals surface area contributed by atoms with Crippen LogP contribution in [0.5, 0.6) is 0 Å². The topological polar surface area (TPSA) is 64.3 Å². The SMILES string of the molecule is COCC(N)CCNC(=O)c1ccc(C)cc1C. The van der Waals surface area contributed by atoms with Crippen molar-refractivity contribution in [2.75, 3.05) is 20.3 Å². The number of ether oxygens (including phenoxy) is 1. The summed E-state index contributed by atoms with van der Waals surface area (Å²) < 4.78 is 4.94. The number of carbonyl (C=O) groups is 1. The number of hydrogen-bond acceptors (Lipinski definition) is 3. The monoisotopic (exact) mass is 250 g/mol. The van der Waals surface area contributed by atoms with Gasteiger partial charge in [-0.3, -0.25) is 4.79 Å². The van der Waals surface area contributed by atoms with Gasteiger partial charge in [0.1, 0.15) is 0 Å². The standard InChI is InChI=1S/C14H22N2O2/c1-10-4-5-13(11(2)8-10)14(17)16-7-6-12(15)9-18-3/h4-5,8,12H,6-7,9,15H2,1-3H3,(H,16,17). The number of hydrogen-bond donors (Lipinski definition) is 2. The van der Waals surface area contributed by atoms with Crippen molar-refractivity contribution in [2.45, 2.75) is 26.3 Å². The van der Waals surface area contributed by atoms with Crippen molar-refractivity contribution >= 4 is 5.91 Å². The summed E-state index contributed by atoms with van der Waals surface area (Å²) >= 11 is 0. The fourth-order valence-electron chi connectivity index (χ4n) is 1.83. The summed E-state index contributed by atoms with van der Waals surface area (Å²) in [6.45, 7) is 5.03. The summed E-state index contributed by atoms with van der Waals surface area (Å²) in [6.07, 6.45) is 0.713. The molecule has 3 N–H and O–H groups in total. The van der Waals surface area contributed by atoms with Crippen LogP contribution in [0.3, 0.4) is 0 Å². The molecule has 0 saturated heterocycles. The minimum Gasteiger partial charge on any atom is -0.383 e. The predicted molar refractivity (Wildman–Crippen MR) is 72.7 cm³/mol. The van der Waals surface area contributed by atoms with Gasteiger partial charge in [-0.2, -0.15) is 0 Å². The molecule has 0 fully saturated rings. The third kappa shape index (κ3) is 4.47. The van der Waals surface area contributed by atoms with Crippen LogP contribution in [0.4, 0.5) is 0 Å². The second-order valence-electron chi connectivity index (χ2n) is 4.58. The highest BCUT2D eigenvalue weighted by Crippen LogP contribution is 2.10. The fraction of sp³-hybridized carbons (Fsp3) is 0.500. The van der Waals surface area contributed by atoms with E-state index in [1.54, 1.807) is 7.11 Å². The maximum absolute atomic E-state index is 11.9. The maximum atomic E-state index is 11.9. The minimum absolute atomic E-state index is 0.0329. The Balaban J connectivity index is 2.45. The van der Waals surface area contributed by atoms with Crippen LogP contribution in [-0.4, -0.2) is 32.2 Å². The molecule has 0 aliphatic carbocycles. The first kappa shape index (κ1) is 14.7. The van der Waals surface area contributed by atoms with Crippen molar-refractivity contribution < 1.29 is 9.53 Å². The first-order valence-corrected chi connectivity index (χ1v) is 6.14. The molecule has 0 heterocycles. The second-order valence-corrected chi connectivity index (χ2v) is 4.58. The average molecular weight is 250 g/mol. The Morgan fingerprint density at radius 3 is 2.78 bits per heavy atom. The third-order valence-corrected chi connectivity index (χ3v) is 2.81. The zero-order valence-corrected chi connectivity index (χ0v) is 11.3. The van der Waals surface area contributed by atoms with Gasteiger partial charge < -0.3 is 15.8 Å². The molecule has 0 aliphatic heterocycles. The number of amides is 1. The van der Waals surface area contributed by atoms with E-state index >= 15 is 0 Å². The van der Waals surface area contributed by atoms with Crippen LogP contribution in [-0.2, 0) is 4.74 Å². The lowest BCUT2D eigenvalue weighted by molar-refractivity contribution is 0.0949. The second kappa shape index (κ2) is 7.13. The Bertz CT molecular complexity index is 405. The van der Waals surface area contributed by atoms with Gasteiger partial charge in [0, 0.05) is 25.3 Å². The Labute approximate surface area is 109 Å². The smallest absolute Gasteiger partial charge is 0.251 e. The molecule has 0 bridgehead atoms. The summed E-state index contributed by atoms with van der Waals surface area (Å²) in [4.78, 5) is 11.9. The molecule has 1 amide bonds. The van der Waals surface area contributed by atoms with Crippen molar-refractivity contribution in [1.29, 1.82) is 0 Å². The number of rotatable bonds is 6. The lowest BCUT2D eigenvalue weighted by atomic mass is 10.1. The number of aryl methyl sites for hydroxylation is 2. The molecule has 4 heteroatoms. The number of benzene rings is 1. The lowest BCUT2D eigenvalue weighted by Crippen LogP contribution is -2.33. The van der Waals surface area contributed by atoms with E-state index in [4.69, 9.17) is 10.5 Å². The van der Waals surface area contributed by atoms with E-state index in [1.807, 2.05) is 32.0 Å². The number of nitrogens with one attached hydrogen (secondary N) is 1. The quantitative estimate of drug-likeness (QED) is 0.802. The van der Waals surface area contributed by atoms with Crippen molar-refractivity contribution in [3.63, 3.8) is 0 Å². The molecule has 0 radical (unpaired) electrons. The fourth-order valence-corrected chi connectivity index (χ4v) is 1.83. The van der Waals surface area contributed by atoms with Crippen LogP contribution in [0.2, 0.25) is 0 Å². The maximum Gasteiger partial charge on any atom is 0.251 e. The van der Waals surface area contributed by atoms with Crippen molar-refractivity contribution in [3.05, 3.63) is 34.9 Å². The van der Waals surface area contributed by atoms with Crippen LogP contribution in [0.25, 0.3) is 0 Å². The van der Waals surface area contributed by atoms with E-state index in [0.29, 0.717) is 19.6 Å². The highest BCUT2D eigenvalue weighted by atomic mass is 16.5. The van der Waals surface area contributed by atoms with Crippen LogP contribution in [0, 0.1) is 13.8 Å². The van der Waals surface area contributed by atoms with Gasteiger partial charge in [0.2, 0.25) is 0 Å². The Kier molecular flexibility index (Phi) is 5.82. The third-order valence-electron chi connectivity index (χ3n) is 2.81. The highest BCUT2D eigenvalue weighted by Gasteiger charge is 2.09. The van der Waals surface area contributed by atoms with Gasteiger partial charge in [0.05, 0.1) is 6.61 Å². The van der Waals surface area contributed by atoms with Gasteiger partial charge >= 0.3 is 0 Å². The van der Waals surface area contributed by atoms with Crippen LogP contribution in [0.15, 0.2) is 18.2 Å². The lowest BCUT2D eigenvalue weighted by Gasteiger charge is -2.12. The van der Waals surface area contributed by atoms with Crippen molar-refractivity contribution in [1.82, 2.24) is 5.32 Å². The summed E-state index contributed by atoms with van der Waals surface area (Å²) in [5.74, 6) is -0.0443. The van der Waals surface area contributed by atoms with Gasteiger partial charge in [-0.15, -0.1) is 0 Å². The summed E-state index contributed by atoms with van der Waals surface area (Å²) in [6, 6.07) is 5.77. The zero-order valence-electron chi connectivity index (χ0n) is 11.3. The molecule has 18 heavy (non-hydrogen) atoms. The van der Waals surface area contributed by atoms with Crippen LogP contribution < -0.4 is 11.1 Å². The van der Waals surface area contributed by atoms with Crippen LogP contribution in [0.1, 0.15) is 27.9 Å². The molecule has 1 atom stereocenters. The van der Waals surface area contributed by atoms with Gasteiger partial charge in [-0.1, -0.05) is 17.7 Å². The van der Waals surface area contributed by atoms with E-state index in [2.05, 4.69) is 5.32 Å². The molecule has 1 aromatic carbocycles. The van der Waals surface area contributed by atoms with Gasteiger partial charge in [0.25, 0.3) is 5.91 Å². The normalized spacial score (nSPS) is 12.2. The number of carbonyl (C=O) groups excluding carboxylic acids is 1. The molecule has 1 aromatic rings. The molecule has 0 aliphatic rings. The van der Waals surface area contributed by atoms with Gasteiger partial charge in [0.15, 0.2) is 0 Å². The highest BCUT2D eigenvalue weighted by molar-refractivity contribution is 5.95. The van der Waals surface area contributed by atoms with E-state index in [9.17, 15) is 4.79 Å². The predicted octanol–water partition coefficient (Wildman–Crippen LogP) is 1.40. The Morgan fingerprint density at radius 1 is 1.44 bits per heavy atom. The molecule has 0 saturated carbocycles. The van der Waals surface area contributed by atoms with E-state index in [0.717, 1.165) is 16.7 Å². The summed E-state index contributed by atoms with van der Waals surface area (Å²) in [7, 11) is 1.62. The number of methoxy groups -OCH3 is 1. The molecule has 4 nitrogen and oxygen atoms in total. The minimum atomic E-state index is -0.0443. The molecular formula is C14H22N2O2. The first-order chi connectivity index (χ1) is 8.54. The Morgan fingerprint density at radius 2 is 2.17 bits per heavy atom. The van der Waals surface area contributed by atoms with E-state index in [1.165, 1.54) is 0 Å². The number of nitrogens with two attached hydrogens (primary N) is 1.